The summed E-state index contributed by atoms with van der Waals surface area (Å²) in [5.41, 5.74) is 7.87. The Hall–Kier alpha value is -1.88. The van der Waals surface area contributed by atoms with Gasteiger partial charge in [-0.1, -0.05) is 17.3 Å². The molecule has 102 valence electrons. The fraction of sp³-hybridized carbons (Fsp3) is 0.429. The molecule has 1 aromatic heterocycles. The second-order valence-corrected chi connectivity index (χ2v) is 4.87. The SMILES string of the molecule is Cc1cccc(N(Cc2noc(CN)n2)C(C)C)c1. The van der Waals surface area contributed by atoms with Crippen LogP contribution in [-0.4, -0.2) is 16.2 Å². The topological polar surface area (TPSA) is 68.2 Å². The monoisotopic (exact) mass is 260 g/mol. The number of nitrogens with zero attached hydrogens (tertiary/aromatic N) is 3. The third-order valence-corrected chi connectivity index (χ3v) is 2.95. The molecular formula is C14H20N4O. The Kier molecular flexibility index (Phi) is 4.16. The number of rotatable bonds is 5. The molecule has 0 saturated carbocycles. The van der Waals surface area contributed by atoms with Gasteiger partial charge in [0, 0.05) is 11.7 Å². The van der Waals surface area contributed by atoms with Crippen LogP contribution in [0.3, 0.4) is 0 Å². The van der Waals surface area contributed by atoms with Crippen molar-refractivity contribution in [3.63, 3.8) is 0 Å². The molecule has 0 bridgehead atoms. The van der Waals surface area contributed by atoms with E-state index in [1.165, 1.54) is 5.56 Å². The largest absolute Gasteiger partial charge is 0.361 e. The summed E-state index contributed by atoms with van der Waals surface area (Å²) in [6.07, 6.45) is 0. The fourth-order valence-corrected chi connectivity index (χ4v) is 1.97. The molecule has 2 aromatic rings. The van der Waals surface area contributed by atoms with Gasteiger partial charge in [0.1, 0.15) is 0 Å². The molecule has 0 aliphatic rings. The molecule has 0 aliphatic carbocycles. The Morgan fingerprint density at radius 3 is 2.74 bits per heavy atom. The van der Waals surface area contributed by atoms with Gasteiger partial charge in [0.2, 0.25) is 5.89 Å². The van der Waals surface area contributed by atoms with Crippen LogP contribution in [0.25, 0.3) is 0 Å². The molecule has 0 atom stereocenters. The first-order valence-corrected chi connectivity index (χ1v) is 6.45. The zero-order valence-corrected chi connectivity index (χ0v) is 11.6. The van der Waals surface area contributed by atoms with Crippen LogP contribution >= 0.6 is 0 Å². The van der Waals surface area contributed by atoms with Crippen LogP contribution in [0.5, 0.6) is 0 Å². The zero-order chi connectivity index (χ0) is 13.8. The molecule has 5 nitrogen and oxygen atoms in total. The van der Waals surface area contributed by atoms with Crippen LogP contribution < -0.4 is 10.6 Å². The van der Waals surface area contributed by atoms with Crippen LogP contribution in [0.4, 0.5) is 5.69 Å². The summed E-state index contributed by atoms with van der Waals surface area (Å²) in [7, 11) is 0. The van der Waals surface area contributed by atoms with Crippen LogP contribution in [0.15, 0.2) is 28.8 Å². The van der Waals surface area contributed by atoms with E-state index in [9.17, 15) is 0 Å². The van der Waals surface area contributed by atoms with E-state index in [4.69, 9.17) is 10.3 Å². The van der Waals surface area contributed by atoms with Crippen molar-refractivity contribution in [2.45, 2.75) is 39.9 Å². The van der Waals surface area contributed by atoms with Gasteiger partial charge in [0.05, 0.1) is 13.1 Å². The Morgan fingerprint density at radius 1 is 1.37 bits per heavy atom. The summed E-state index contributed by atoms with van der Waals surface area (Å²) in [6.45, 7) is 7.27. The molecule has 0 aliphatic heterocycles. The van der Waals surface area contributed by atoms with Crippen molar-refractivity contribution in [1.82, 2.24) is 10.1 Å². The van der Waals surface area contributed by atoms with E-state index in [1.807, 2.05) is 0 Å². The Bertz CT molecular complexity index is 536. The number of benzene rings is 1. The average Bonchev–Trinajstić information content (AvgIpc) is 2.83. The lowest BCUT2D eigenvalue weighted by molar-refractivity contribution is 0.374. The fourth-order valence-electron chi connectivity index (χ4n) is 1.97. The Balaban J connectivity index is 2.21. The lowest BCUT2D eigenvalue weighted by Gasteiger charge is -2.27. The summed E-state index contributed by atoms with van der Waals surface area (Å²) in [4.78, 5) is 6.49. The highest BCUT2D eigenvalue weighted by Crippen LogP contribution is 2.20. The molecular weight excluding hydrogens is 240 g/mol. The van der Waals surface area contributed by atoms with E-state index in [1.54, 1.807) is 0 Å². The average molecular weight is 260 g/mol. The molecule has 0 fully saturated rings. The van der Waals surface area contributed by atoms with E-state index >= 15 is 0 Å². The first kappa shape index (κ1) is 13.5. The molecule has 5 heteroatoms. The number of anilines is 1. The highest BCUT2D eigenvalue weighted by molar-refractivity contribution is 5.49. The van der Waals surface area contributed by atoms with E-state index in [0.717, 1.165) is 5.69 Å². The Labute approximate surface area is 113 Å². The molecule has 0 spiro atoms. The van der Waals surface area contributed by atoms with Gasteiger partial charge in [-0.25, -0.2) is 0 Å². The molecule has 0 amide bonds. The van der Waals surface area contributed by atoms with Crippen molar-refractivity contribution in [2.24, 2.45) is 5.73 Å². The standard InChI is InChI=1S/C14H20N4O/c1-10(2)18(12-6-4-5-11(3)7-12)9-13-16-14(8-15)19-17-13/h4-7,10H,8-9,15H2,1-3H3. The van der Waals surface area contributed by atoms with Gasteiger partial charge < -0.3 is 15.2 Å². The molecule has 1 aromatic carbocycles. The van der Waals surface area contributed by atoms with Crippen molar-refractivity contribution >= 4 is 5.69 Å². The lowest BCUT2D eigenvalue weighted by Crippen LogP contribution is -2.30. The minimum atomic E-state index is 0.277. The summed E-state index contributed by atoms with van der Waals surface area (Å²) in [6, 6.07) is 8.74. The van der Waals surface area contributed by atoms with Gasteiger partial charge >= 0.3 is 0 Å². The second kappa shape index (κ2) is 5.84. The van der Waals surface area contributed by atoms with Crippen LogP contribution in [0, 0.1) is 6.92 Å². The predicted molar refractivity (Wildman–Crippen MR) is 74.7 cm³/mol. The minimum Gasteiger partial charge on any atom is -0.361 e. The van der Waals surface area contributed by atoms with Crippen molar-refractivity contribution in [1.29, 1.82) is 0 Å². The normalized spacial score (nSPS) is 11.0. The van der Waals surface area contributed by atoms with Gasteiger partial charge in [-0.15, -0.1) is 0 Å². The molecule has 2 N–H and O–H groups in total. The molecule has 0 radical (unpaired) electrons. The van der Waals surface area contributed by atoms with Crippen molar-refractivity contribution < 1.29 is 4.52 Å². The third kappa shape index (κ3) is 3.32. The van der Waals surface area contributed by atoms with E-state index in [-0.39, 0.29) is 6.54 Å². The van der Waals surface area contributed by atoms with Crippen LogP contribution in [-0.2, 0) is 13.1 Å². The summed E-state index contributed by atoms with van der Waals surface area (Å²) in [5.74, 6) is 1.14. The van der Waals surface area contributed by atoms with Crippen molar-refractivity contribution in [3.05, 3.63) is 41.5 Å². The quantitative estimate of drug-likeness (QED) is 0.893. The number of aryl methyl sites for hydroxylation is 1. The zero-order valence-electron chi connectivity index (χ0n) is 11.6. The smallest absolute Gasteiger partial charge is 0.240 e. The first-order valence-electron chi connectivity index (χ1n) is 6.45. The minimum absolute atomic E-state index is 0.277. The highest BCUT2D eigenvalue weighted by Gasteiger charge is 2.15. The van der Waals surface area contributed by atoms with E-state index in [0.29, 0.717) is 24.3 Å². The summed E-state index contributed by atoms with van der Waals surface area (Å²) < 4.78 is 5.04. The van der Waals surface area contributed by atoms with E-state index < -0.39 is 0 Å². The van der Waals surface area contributed by atoms with Crippen LogP contribution in [0.2, 0.25) is 0 Å². The predicted octanol–water partition coefficient (Wildman–Crippen LogP) is 2.25. The van der Waals surface area contributed by atoms with Crippen molar-refractivity contribution in [3.8, 4) is 0 Å². The van der Waals surface area contributed by atoms with Gasteiger partial charge in [0.15, 0.2) is 5.82 Å². The first-order chi connectivity index (χ1) is 9.10. The number of hydrogen-bond acceptors (Lipinski definition) is 5. The summed E-state index contributed by atoms with van der Waals surface area (Å²) in [5, 5.41) is 3.95. The van der Waals surface area contributed by atoms with Gasteiger partial charge in [0.25, 0.3) is 0 Å². The second-order valence-electron chi connectivity index (χ2n) is 4.87. The highest BCUT2D eigenvalue weighted by atomic mass is 16.5. The van der Waals surface area contributed by atoms with Crippen LogP contribution in [0.1, 0.15) is 31.1 Å². The lowest BCUT2D eigenvalue weighted by atomic mass is 10.2. The van der Waals surface area contributed by atoms with Gasteiger partial charge in [-0.3, -0.25) is 0 Å². The molecule has 19 heavy (non-hydrogen) atoms. The van der Waals surface area contributed by atoms with Gasteiger partial charge in [-0.2, -0.15) is 4.98 Å². The van der Waals surface area contributed by atoms with E-state index in [2.05, 4.69) is 60.1 Å². The van der Waals surface area contributed by atoms with Gasteiger partial charge in [-0.05, 0) is 38.5 Å². The molecule has 0 unspecified atom stereocenters. The number of aromatic nitrogens is 2. The Morgan fingerprint density at radius 2 is 2.16 bits per heavy atom. The molecule has 1 heterocycles. The molecule has 0 saturated heterocycles. The molecule has 2 rings (SSSR count). The third-order valence-electron chi connectivity index (χ3n) is 2.95. The maximum absolute atomic E-state index is 5.47. The van der Waals surface area contributed by atoms with Crippen molar-refractivity contribution in [2.75, 3.05) is 4.90 Å². The summed E-state index contributed by atoms with van der Waals surface area (Å²) >= 11 is 0. The number of nitrogens with two attached hydrogens (primary N) is 1. The maximum atomic E-state index is 5.47. The maximum Gasteiger partial charge on any atom is 0.240 e. The number of hydrogen-bond donors (Lipinski definition) is 1.